The number of amides is 2. The number of carbonyl (C=O) groups excluding carboxylic acids is 2. The Kier molecular flexibility index (Phi) is 5.21. The second-order valence-corrected chi connectivity index (χ2v) is 6.33. The van der Waals surface area contributed by atoms with Crippen molar-refractivity contribution in [2.45, 2.75) is 52.2 Å². The maximum atomic E-state index is 12.2. The Labute approximate surface area is 147 Å². The molecular formula is C18H24N4O3. The third kappa shape index (κ3) is 3.92. The number of nitrogens with zero attached hydrogens (tertiary/aromatic N) is 3. The monoisotopic (exact) mass is 344 g/mol. The van der Waals surface area contributed by atoms with Gasteiger partial charge >= 0.3 is 0 Å². The minimum absolute atomic E-state index is 0.0623. The van der Waals surface area contributed by atoms with E-state index in [1.165, 1.54) is 0 Å². The Morgan fingerprint density at radius 3 is 2.96 bits per heavy atom. The van der Waals surface area contributed by atoms with Crippen LogP contribution in [0.3, 0.4) is 0 Å². The Bertz CT molecular complexity index is 736. The number of rotatable bonds is 6. The van der Waals surface area contributed by atoms with Gasteiger partial charge in [-0.25, -0.2) is 4.98 Å². The molecule has 2 aromatic rings. The molecule has 1 atom stereocenters. The van der Waals surface area contributed by atoms with Crippen molar-refractivity contribution >= 4 is 11.8 Å². The molecule has 0 fully saturated rings. The molecule has 2 amide bonds. The number of hydrogen-bond acceptors (Lipinski definition) is 4. The number of furan rings is 1. The highest BCUT2D eigenvalue weighted by Gasteiger charge is 2.29. The number of nitrogens with one attached hydrogen (secondary N) is 1. The second kappa shape index (κ2) is 7.55. The van der Waals surface area contributed by atoms with E-state index in [4.69, 9.17) is 4.42 Å². The molecule has 25 heavy (non-hydrogen) atoms. The summed E-state index contributed by atoms with van der Waals surface area (Å²) < 4.78 is 7.25. The molecule has 2 aromatic heterocycles. The van der Waals surface area contributed by atoms with Gasteiger partial charge in [0.2, 0.25) is 11.8 Å². The summed E-state index contributed by atoms with van der Waals surface area (Å²) in [5, 5.41) is 2.82. The minimum atomic E-state index is -0.0987. The van der Waals surface area contributed by atoms with Crippen LogP contribution in [0.5, 0.6) is 0 Å². The van der Waals surface area contributed by atoms with Gasteiger partial charge in [0.25, 0.3) is 0 Å². The van der Waals surface area contributed by atoms with E-state index in [1.54, 1.807) is 12.3 Å². The smallest absolute Gasteiger partial charge is 0.226 e. The van der Waals surface area contributed by atoms with Crippen molar-refractivity contribution in [1.29, 1.82) is 0 Å². The van der Waals surface area contributed by atoms with E-state index >= 15 is 0 Å². The number of fused-ring (bicyclic) bond motifs is 1. The molecule has 0 radical (unpaired) electrons. The summed E-state index contributed by atoms with van der Waals surface area (Å²) in [6.07, 6.45) is 5.12. The maximum Gasteiger partial charge on any atom is 0.226 e. The highest BCUT2D eigenvalue weighted by Crippen LogP contribution is 2.25. The molecule has 0 aromatic carbocycles. The predicted molar refractivity (Wildman–Crippen MR) is 91.5 cm³/mol. The fourth-order valence-corrected chi connectivity index (χ4v) is 3.16. The van der Waals surface area contributed by atoms with Crippen LogP contribution in [-0.4, -0.2) is 32.8 Å². The van der Waals surface area contributed by atoms with Crippen LogP contribution >= 0.6 is 0 Å². The molecule has 0 aliphatic carbocycles. The van der Waals surface area contributed by atoms with Crippen molar-refractivity contribution in [2.75, 3.05) is 6.54 Å². The Balaban J connectivity index is 1.61. The molecule has 1 N–H and O–H groups in total. The predicted octanol–water partition coefficient (Wildman–Crippen LogP) is 2.04. The highest BCUT2D eigenvalue weighted by molar-refractivity contribution is 5.78. The van der Waals surface area contributed by atoms with Crippen LogP contribution in [0.4, 0.5) is 0 Å². The average molecular weight is 344 g/mol. The van der Waals surface area contributed by atoms with Crippen molar-refractivity contribution in [2.24, 2.45) is 0 Å². The quantitative estimate of drug-likeness (QED) is 0.869. The first kappa shape index (κ1) is 17.3. The Morgan fingerprint density at radius 1 is 1.40 bits per heavy atom. The molecule has 0 bridgehead atoms. The van der Waals surface area contributed by atoms with Crippen LogP contribution in [0.25, 0.3) is 0 Å². The van der Waals surface area contributed by atoms with E-state index in [2.05, 4.69) is 14.9 Å². The zero-order valence-corrected chi connectivity index (χ0v) is 14.7. The first-order valence-corrected chi connectivity index (χ1v) is 8.73. The van der Waals surface area contributed by atoms with Gasteiger partial charge in [0, 0.05) is 25.7 Å². The van der Waals surface area contributed by atoms with Crippen LogP contribution in [0, 0.1) is 0 Å². The summed E-state index contributed by atoms with van der Waals surface area (Å²) in [5.41, 5.74) is 0.726. The largest absolute Gasteiger partial charge is 0.467 e. The lowest BCUT2D eigenvalue weighted by Gasteiger charge is -2.33. The lowest BCUT2D eigenvalue weighted by molar-refractivity contribution is -0.134. The molecule has 0 unspecified atom stereocenters. The summed E-state index contributed by atoms with van der Waals surface area (Å²) in [6.45, 7) is 5.78. The van der Waals surface area contributed by atoms with Crippen LogP contribution in [-0.2, 0) is 29.1 Å². The number of carbonyl (C=O) groups is 2. The van der Waals surface area contributed by atoms with Crippen molar-refractivity contribution in [3.05, 3.63) is 41.9 Å². The molecule has 0 saturated carbocycles. The van der Waals surface area contributed by atoms with Crippen LogP contribution < -0.4 is 5.32 Å². The third-order valence-electron chi connectivity index (χ3n) is 4.45. The summed E-state index contributed by atoms with van der Waals surface area (Å²) >= 11 is 0. The fraction of sp³-hybridized carbons (Fsp3) is 0.500. The van der Waals surface area contributed by atoms with E-state index in [0.717, 1.165) is 30.2 Å². The summed E-state index contributed by atoms with van der Waals surface area (Å²) in [4.78, 5) is 30.8. The van der Waals surface area contributed by atoms with E-state index in [-0.39, 0.29) is 24.3 Å². The van der Waals surface area contributed by atoms with Crippen LogP contribution in [0.1, 0.15) is 50.0 Å². The fourth-order valence-electron chi connectivity index (χ4n) is 3.16. The summed E-state index contributed by atoms with van der Waals surface area (Å²) in [6, 6.07) is 3.55. The van der Waals surface area contributed by atoms with Gasteiger partial charge in [0.1, 0.15) is 11.6 Å². The molecule has 0 spiro atoms. The van der Waals surface area contributed by atoms with Crippen molar-refractivity contribution < 1.29 is 14.0 Å². The van der Waals surface area contributed by atoms with E-state index in [1.807, 2.05) is 31.0 Å². The van der Waals surface area contributed by atoms with Gasteiger partial charge in [-0.3, -0.25) is 9.59 Å². The third-order valence-corrected chi connectivity index (χ3v) is 4.45. The number of hydrogen-bond donors (Lipinski definition) is 1. The van der Waals surface area contributed by atoms with E-state index in [0.29, 0.717) is 19.5 Å². The second-order valence-electron chi connectivity index (χ2n) is 6.33. The molecule has 1 aliphatic rings. The highest BCUT2D eigenvalue weighted by atomic mass is 16.3. The van der Waals surface area contributed by atoms with Crippen molar-refractivity contribution in [3.8, 4) is 0 Å². The zero-order valence-electron chi connectivity index (χ0n) is 14.7. The minimum Gasteiger partial charge on any atom is -0.467 e. The molecule has 3 rings (SSSR count). The lowest BCUT2D eigenvalue weighted by Crippen LogP contribution is -2.40. The topological polar surface area (TPSA) is 80.4 Å². The van der Waals surface area contributed by atoms with Gasteiger partial charge in [0.05, 0.1) is 31.0 Å². The summed E-state index contributed by atoms with van der Waals surface area (Å²) in [7, 11) is 0. The Morgan fingerprint density at radius 2 is 2.24 bits per heavy atom. The number of aromatic nitrogens is 2. The van der Waals surface area contributed by atoms with Gasteiger partial charge in [-0.05, 0) is 25.5 Å². The van der Waals surface area contributed by atoms with E-state index < -0.39 is 0 Å². The van der Waals surface area contributed by atoms with Gasteiger partial charge in [-0.15, -0.1) is 0 Å². The summed E-state index contributed by atoms with van der Waals surface area (Å²) in [5.74, 6) is 1.64. The molecular weight excluding hydrogens is 320 g/mol. The molecule has 0 saturated heterocycles. The van der Waals surface area contributed by atoms with E-state index in [9.17, 15) is 9.59 Å². The Hall–Kier alpha value is -2.57. The van der Waals surface area contributed by atoms with Crippen molar-refractivity contribution in [3.63, 3.8) is 0 Å². The van der Waals surface area contributed by atoms with Gasteiger partial charge in [0.15, 0.2) is 0 Å². The molecule has 1 aliphatic heterocycles. The van der Waals surface area contributed by atoms with Crippen LogP contribution in [0.2, 0.25) is 0 Å². The molecule has 7 nitrogen and oxygen atoms in total. The van der Waals surface area contributed by atoms with Gasteiger partial charge in [-0.2, -0.15) is 0 Å². The van der Waals surface area contributed by atoms with Crippen molar-refractivity contribution in [1.82, 2.24) is 19.8 Å². The first-order valence-electron chi connectivity index (χ1n) is 8.73. The maximum absolute atomic E-state index is 12.2. The lowest BCUT2D eigenvalue weighted by atomic mass is 10.2. The number of imidazole rings is 1. The average Bonchev–Trinajstić information content (AvgIpc) is 3.23. The molecule has 134 valence electrons. The molecule has 3 heterocycles. The first-order chi connectivity index (χ1) is 12.1. The van der Waals surface area contributed by atoms with Crippen LogP contribution in [0.15, 0.2) is 29.0 Å². The normalized spacial score (nSPS) is 16.6. The molecule has 7 heteroatoms. The SMILES string of the molecule is CCCC(=O)N1CCn2cc(CC(=O)NCc3ccco3)nc2[C@H]1C. The van der Waals surface area contributed by atoms with Gasteiger partial charge < -0.3 is 19.2 Å². The standard InChI is InChI=1S/C18H24N4O3/c1-3-5-17(24)22-8-7-21-12-14(20-18(21)13(22)2)10-16(23)19-11-15-6-4-9-25-15/h4,6,9,12-13H,3,5,7-8,10-11H2,1-2H3,(H,19,23)/t13-/m1/s1. The van der Waals surface area contributed by atoms with Gasteiger partial charge in [-0.1, -0.05) is 6.92 Å². The zero-order chi connectivity index (χ0) is 17.8.